The van der Waals surface area contributed by atoms with E-state index in [9.17, 15) is 4.79 Å². The van der Waals surface area contributed by atoms with Gasteiger partial charge in [0.05, 0.1) is 19.0 Å². The van der Waals surface area contributed by atoms with Crippen LogP contribution in [0.15, 0.2) is 60.0 Å². The highest BCUT2D eigenvalue weighted by atomic mass is 16.5. The Morgan fingerprint density at radius 2 is 2.04 bits per heavy atom. The van der Waals surface area contributed by atoms with E-state index in [0.717, 1.165) is 11.1 Å². The number of ether oxygens (including phenoxy) is 1. The van der Waals surface area contributed by atoms with E-state index in [2.05, 4.69) is 25.7 Å². The van der Waals surface area contributed by atoms with Crippen molar-refractivity contribution in [3.8, 4) is 17.0 Å². The summed E-state index contributed by atoms with van der Waals surface area (Å²) in [5.41, 5.74) is 5.02. The summed E-state index contributed by atoms with van der Waals surface area (Å²) in [4.78, 5) is 16.0. The second-order valence-electron chi connectivity index (χ2n) is 4.85. The predicted molar refractivity (Wildman–Crippen MR) is 89.9 cm³/mol. The Bertz CT molecular complexity index is 858. The van der Waals surface area contributed by atoms with Crippen molar-refractivity contribution in [2.75, 3.05) is 7.11 Å². The smallest absolute Gasteiger partial charge is 0.289 e. The van der Waals surface area contributed by atoms with Crippen molar-refractivity contribution in [1.29, 1.82) is 0 Å². The van der Waals surface area contributed by atoms with E-state index in [0.29, 0.717) is 17.1 Å². The van der Waals surface area contributed by atoms with Crippen LogP contribution in [0.3, 0.4) is 0 Å². The molecule has 2 aromatic heterocycles. The first-order valence-electron chi connectivity index (χ1n) is 7.20. The van der Waals surface area contributed by atoms with E-state index in [1.807, 2.05) is 24.3 Å². The van der Waals surface area contributed by atoms with Crippen molar-refractivity contribution in [3.05, 3.63) is 66.1 Å². The summed E-state index contributed by atoms with van der Waals surface area (Å²) < 4.78 is 5.30. The zero-order valence-corrected chi connectivity index (χ0v) is 12.9. The van der Waals surface area contributed by atoms with Crippen molar-refractivity contribution >= 4 is 12.1 Å². The maximum absolute atomic E-state index is 12.1. The molecule has 3 rings (SSSR count). The Morgan fingerprint density at radius 3 is 2.83 bits per heavy atom. The predicted octanol–water partition coefficient (Wildman–Crippen LogP) is 2.24. The van der Waals surface area contributed by atoms with Gasteiger partial charge >= 0.3 is 0 Å². The number of rotatable bonds is 5. The first kappa shape index (κ1) is 15.4. The molecule has 0 radical (unpaired) electrons. The number of nitrogens with one attached hydrogen (secondary N) is 2. The molecule has 2 heterocycles. The second-order valence-corrected chi connectivity index (χ2v) is 4.85. The molecule has 3 aromatic rings. The SMILES string of the molecule is COc1ccccc1-c1cc(C(=O)NN=Cc2ccncc2)[nH]n1. The Kier molecular flexibility index (Phi) is 4.62. The third-order valence-corrected chi connectivity index (χ3v) is 3.29. The molecule has 0 aliphatic carbocycles. The molecule has 0 unspecified atom stereocenters. The van der Waals surface area contributed by atoms with E-state index in [-0.39, 0.29) is 5.91 Å². The average molecular weight is 321 g/mol. The number of methoxy groups -OCH3 is 1. The van der Waals surface area contributed by atoms with Crippen LogP contribution in [0.2, 0.25) is 0 Å². The Hall–Kier alpha value is -3.48. The Labute approximate surface area is 138 Å². The number of amides is 1. The number of H-pyrrole nitrogens is 1. The number of benzene rings is 1. The van der Waals surface area contributed by atoms with E-state index in [1.165, 1.54) is 6.21 Å². The number of carbonyl (C=O) groups is 1. The molecule has 7 nitrogen and oxygen atoms in total. The Morgan fingerprint density at radius 1 is 1.25 bits per heavy atom. The van der Waals surface area contributed by atoms with Gasteiger partial charge < -0.3 is 4.74 Å². The van der Waals surface area contributed by atoms with Gasteiger partial charge in [-0.2, -0.15) is 10.2 Å². The maximum Gasteiger partial charge on any atom is 0.289 e. The Balaban J connectivity index is 1.71. The fourth-order valence-corrected chi connectivity index (χ4v) is 2.11. The molecule has 2 N–H and O–H groups in total. The quantitative estimate of drug-likeness (QED) is 0.557. The van der Waals surface area contributed by atoms with Crippen LogP contribution in [-0.2, 0) is 0 Å². The van der Waals surface area contributed by atoms with E-state index >= 15 is 0 Å². The highest BCUT2D eigenvalue weighted by molar-refractivity contribution is 5.94. The fraction of sp³-hybridized carbons (Fsp3) is 0.0588. The van der Waals surface area contributed by atoms with Gasteiger partial charge in [-0.25, -0.2) is 5.43 Å². The van der Waals surface area contributed by atoms with Crippen molar-refractivity contribution in [2.24, 2.45) is 5.10 Å². The molecule has 7 heteroatoms. The van der Waals surface area contributed by atoms with E-state index in [4.69, 9.17) is 4.74 Å². The van der Waals surface area contributed by atoms with Crippen molar-refractivity contribution in [3.63, 3.8) is 0 Å². The number of hydrogen-bond donors (Lipinski definition) is 2. The first-order chi connectivity index (χ1) is 11.8. The van der Waals surface area contributed by atoms with E-state index in [1.54, 1.807) is 37.7 Å². The number of aromatic amines is 1. The number of para-hydroxylation sites is 1. The van der Waals surface area contributed by atoms with Crippen LogP contribution in [0.4, 0.5) is 0 Å². The lowest BCUT2D eigenvalue weighted by atomic mass is 10.1. The van der Waals surface area contributed by atoms with Gasteiger partial charge in [-0.1, -0.05) is 12.1 Å². The maximum atomic E-state index is 12.1. The summed E-state index contributed by atoms with van der Waals surface area (Å²) in [5, 5.41) is 10.8. The molecule has 0 bridgehead atoms. The van der Waals surface area contributed by atoms with Gasteiger partial charge in [0.25, 0.3) is 5.91 Å². The molecule has 0 fully saturated rings. The van der Waals surface area contributed by atoms with Crippen LogP contribution in [0.25, 0.3) is 11.3 Å². The normalized spacial score (nSPS) is 10.7. The minimum absolute atomic E-state index is 0.308. The number of carbonyl (C=O) groups excluding carboxylic acids is 1. The molecule has 0 atom stereocenters. The van der Waals surface area contributed by atoms with Crippen LogP contribution in [0.1, 0.15) is 16.1 Å². The summed E-state index contributed by atoms with van der Waals surface area (Å²) in [6, 6.07) is 12.7. The minimum Gasteiger partial charge on any atom is -0.496 e. The zero-order valence-electron chi connectivity index (χ0n) is 12.9. The minimum atomic E-state index is -0.381. The monoisotopic (exact) mass is 321 g/mol. The first-order valence-corrected chi connectivity index (χ1v) is 7.20. The van der Waals surface area contributed by atoms with Crippen LogP contribution < -0.4 is 10.2 Å². The topological polar surface area (TPSA) is 92.3 Å². The molecular formula is C17H15N5O2. The molecule has 0 saturated carbocycles. The summed E-state index contributed by atoms with van der Waals surface area (Å²) in [6.07, 6.45) is 4.84. The van der Waals surface area contributed by atoms with Crippen LogP contribution in [0, 0.1) is 0 Å². The fourth-order valence-electron chi connectivity index (χ4n) is 2.11. The number of pyridine rings is 1. The van der Waals surface area contributed by atoms with Crippen molar-refractivity contribution < 1.29 is 9.53 Å². The molecule has 0 spiro atoms. The highest BCUT2D eigenvalue weighted by Gasteiger charge is 2.13. The van der Waals surface area contributed by atoms with Gasteiger partial charge in [0.15, 0.2) is 0 Å². The largest absolute Gasteiger partial charge is 0.496 e. The summed E-state index contributed by atoms with van der Waals surface area (Å²) >= 11 is 0. The molecule has 1 aromatic carbocycles. The van der Waals surface area contributed by atoms with Gasteiger partial charge in [-0.3, -0.25) is 14.9 Å². The van der Waals surface area contributed by atoms with Crippen molar-refractivity contribution in [2.45, 2.75) is 0 Å². The molecule has 24 heavy (non-hydrogen) atoms. The van der Waals surface area contributed by atoms with E-state index < -0.39 is 0 Å². The van der Waals surface area contributed by atoms with Gasteiger partial charge in [0.1, 0.15) is 11.4 Å². The lowest BCUT2D eigenvalue weighted by Crippen LogP contribution is -2.17. The molecule has 0 aliphatic rings. The van der Waals surface area contributed by atoms with Gasteiger partial charge in [0, 0.05) is 18.0 Å². The number of aromatic nitrogens is 3. The molecule has 0 saturated heterocycles. The van der Waals surface area contributed by atoms with Gasteiger partial charge in [-0.05, 0) is 35.9 Å². The summed E-state index contributed by atoms with van der Waals surface area (Å²) in [5.74, 6) is 0.306. The lowest BCUT2D eigenvalue weighted by molar-refractivity contribution is 0.0950. The lowest BCUT2D eigenvalue weighted by Gasteiger charge is -2.04. The van der Waals surface area contributed by atoms with Crippen LogP contribution in [0.5, 0.6) is 5.75 Å². The number of hydrazone groups is 1. The molecular weight excluding hydrogens is 306 g/mol. The third kappa shape index (κ3) is 3.46. The zero-order chi connectivity index (χ0) is 16.8. The molecule has 1 amide bonds. The van der Waals surface area contributed by atoms with Crippen molar-refractivity contribution in [1.82, 2.24) is 20.6 Å². The standard InChI is InChI=1S/C17H15N5O2/c1-24-16-5-3-2-4-13(16)14-10-15(21-20-14)17(23)22-19-11-12-6-8-18-9-7-12/h2-11H,1H3,(H,20,21)(H,22,23). The molecule has 0 aliphatic heterocycles. The highest BCUT2D eigenvalue weighted by Crippen LogP contribution is 2.28. The summed E-state index contributed by atoms with van der Waals surface area (Å²) in [6.45, 7) is 0. The second kappa shape index (κ2) is 7.19. The average Bonchev–Trinajstić information content (AvgIpc) is 3.12. The molecule has 120 valence electrons. The number of nitrogens with zero attached hydrogens (tertiary/aromatic N) is 3. The summed E-state index contributed by atoms with van der Waals surface area (Å²) in [7, 11) is 1.59. The van der Waals surface area contributed by atoms with Gasteiger partial charge in [0.2, 0.25) is 0 Å². The van der Waals surface area contributed by atoms with Crippen LogP contribution >= 0.6 is 0 Å². The number of hydrogen-bond acceptors (Lipinski definition) is 5. The van der Waals surface area contributed by atoms with Crippen LogP contribution in [-0.4, -0.2) is 34.4 Å². The third-order valence-electron chi connectivity index (χ3n) is 3.29. The van der Waals surface area contributed by atoms with Gasteiger partial charge in [-0.15, -0.1) is 0 Å².